The Labute approximate surface area is 113 Å². The van der Waals surface area contributed by atoms with E-state index in [0.717, 1.165) is 12.1 Å². The number of rotatable bonds is 3. The molecule has 1 aromatic carbocycles. The van der Waals surface area contributed by atoms with Crippen LogP contribution in [-0.2, 0) is 6.18 Å². The van der Waals surface area contributed by atoms with Crippen molar-refractivity contribution in [1.82, 2.24) is 0 Å². The largest absolute Gasteiger partial charge is 0.478 e. The summed E-state index contributed by atoms with van der Waals surface area (Å²) < 4.78 is 38.8. The highest BCUT2D eigenvalue weighted by Crippen LogP contribution is 2.33. The molecule has 0 radical (unpaired) electrons. The Balaban J connectivity index is 3.57. The predicted octanol–water partition coefficient (Wildman–Crippen LogP) is 3.38. The van der Waals surface area contributed by atoms with E-state index < -0.39 is 23.3 Å². The van der Waals surface area contributed by atoms with E-state index in [0.29, 0.717) is 6.07 Å². The molecule has 0 heterocycles. The van der Waals surface area contributed by atoms with Crippen LogP contribution in [0.15, 0.2) is 40.5 Å². The lowest BCUT2D eigenvalue weighted by Crippen LogP contribution is -2.14. The average molecular weight is 284 g/mol. The fraction of sp³-hybridized carbons (Fsp3) is 0.154. The first-order valence-corrected chi connectivity index (χ1v) is 5.42. The second kappa shape index (κ2) is 6.14. The molecule has 0 saturated carbocycles. The van der Waals surface area contributed by atoms with Crippen molar-refractivity contribution >= 4 is 18.5 Å². The van der Waals surface area contributed by atoms with Crippen molar-refractivity contribution in [1.29, 1.82) is 0 Å². The molecule has 0 aromatic heterocycles. The first-order chi connectivity index (χ1) is 9.31. The zero-order chi connectivity index (χ0) is 15.3. The third kappa shape index (κ3) is 3.53. The lowest BCUT2D eigenvalue weighted by atomic mass is 10.0. The maximum atomic E-state index is 12.9. The summed E-state index contributed by atoms with van der Waals surface area (Å²) >= 11 is 0. The van der Waals surface area contributed by atoms with E-state index in [1.807, 2.05) is 0 Å². The number of hydrogen-bond donors (Lipinski definition) is 1. The molecular formula is C13H11F3N2O2. The standard InChI is InChI=1S/C13H11F3N2O2/c1-3-6-18-11(17-2)9-7-8(12(19)20)4-5-10(9)13(14,15)16/h3-7H,2H2,1H3,(H,19,20). The van der Waals surface area contributed by atoms with Crippen LogP contribution in [0.2, 0.25) is 0 Å². The number of alkyl halides is 3. The quantitative estimate of drug-likeness (QED) is 0.683. The molecule has 0 fully saturated rings. The van der Waals surface area contributed by atoms with E-state index in [4.69, 9.17) is 5.11 Å². The minimum absolute atomic E-state index is 0.287. The summed E-state index contributed by atoms with van der Waals surface area (Å²) in [6.45, 7) is 4.79. The number of carbonyl (C=O) groups is 1. The molecule has 1 aromatic rings. The molecule has 0 atom stereocenters. The molecule has 106 valence electrons. The summed E-state index contributed by atoms with van der Waals surface area (Å²) in [5, 5.41) is 8.85. The summed E-state index contributed by atoms with van der Waals surface area (Å²) in [6, 6.07) is 2.45. The van der Waals surface area contributed by atoms with Crippen LogP contribution in [-0.4, -0.2) is 23.6 Å². The Hall–Kier alpha value is -2.44. The first kappa shape index (κ1) is 15.6. The van der Waals surface area contributed by atoms with Crippen LogP contribution in [0.3, 0.4) is 0 Å². The van der Waals surface area contributed by atoms with Gasteiger partial charge in [-0.05, 0) is 31.8 Å². The lowest BCUT2D eigenvalue weighted by Gasteiger charge is -2.12. The van der Waals surface area contributed by atoms with E-state index in [-0.39, 0.29) is 11.4 Å². The summed E-state index contributed by atoms with van der Waals surface area (Å²) in [5.74, 6) is -1.63. The first-order valence-electron chi connectivity index (χ1n) is 5.42. The highest BCUT2D eigenvalue weighted by molar-refractivity contribution is 6.04. The van der Waals surface area contributed by atoms with Crippen molar-refractivity contribution in [2.45, 2.75) is 13.1 Å². The number of halogens is 3. The van der Waals surface area contributed by atoms with Crippen molar-refractivity contribution in [3.05, 3.63) is 47.2 Å². The van der Waals surface area contributed by atoms with Gasteiger partial charge in [-0.25, -0.2) is 14.8 Å². The van der Waals surface area contributed by atoms with Crippen LogP contribution in [0.1, 0.15) is 28.4 Å². The molecule has 4 nitrogen and oxygen atoms in total. The molecule has 7 heteroatoms. The van der Waals surface area contributed by atoms with Gasteiger partial charge in [-0.15, -0.1) is 0 Å². The number of carboxylic acids is 1. The fourth-order valence-electron chi connectivity index (χ4n) is 1.45. The maximum absolute atomic E-state index is 12.9. The van der Waals surface area contributed by atoms with Crippen LogP contribution in [0.4, 0.5) is 13.2 Å². The number of nitrogens with zero attached hydrogens (tertiary/aromatic N) is 2. The second-order valence-corrected chi connectivity index (χ2v) is 3.66. The van der Waals surface area contributed by atoms with Gasteiger partial charge in [0.2, 0.25) is 0 Å². The van der Waals surface area contributed by atoms with Crippen LogP contribution in [0.25, 0.3) is 0 Å². The van der Waals surface area contributed by atoms with Crippen LogP contribution in [0.5, 0.6) is 0 Å². The van der Waals surface area contributed by atoms with Crippen molar-refractivity contribution in [3.8, 4) is 0 Å². The van der Waals surface area contributed by atoms with Crippen molar-refractivity contribution < 1.29 is 23.1 Å². The van der Waals surface area contributed by atoms with Gasteiger partial charge in [-0.1, -0.05) is 6.08 Å². The van der Waals surface area contributed by atoms with Crippen molar-refractivity contribution in [3.63, 3.8) is 0 Å². The molecule has 0 aliphatic rings. The summed E-state index contributed by atoms with van der Waals surface area (Å²) in [4.78, 5) is 18.0. The molecule has 1 N–H and O–H groups in total. The number of carboxylic acid groups (broad SMARTS) is 1. The number of aromatic carboxylic acids is 1. The molecule has 0 amide bonds. The average Bonchev–Trinajstić information content (AvgIpc) is 2.38. The zero-order valence-corrected chi connectivity index (χ0v) is 10.5. The van der Waals surface area contributed by atoms with E-state index in [9.17, 15) is 18.0 Å². The number of allylic oxidation sites excluding steroid dienone is 1. The van der Waals surface area contributed by atoms with Gasteiger partial charge in [0.1, 0.15) is 0 Å². The summed E-state index contributed by atoms with van der Waals surface area (Å²) in [5.41, 5.74) is -1.73. The third-order valence-corrected chi connectivity index (χ3v) is 2.31. The van der Waals surface area contributed by atoms with Crippen LogP contribution in [0, 0.1) is 0 Å². The number of benzene rings is 1. The van der Waals surface area contributed by atoms with Crippen LogP contribution < -0.4 is 0 Å². The Bertz CT molecular complexity index is 590. The third-order valence-electron chi connectivity index (χ3n) is 2.31. The van der Waals surface area contributed by atoms with Gasteiger partial charge in [0, 0.05) is 11.8 Å². The predicted molar refractivity (Wildman–Crippen MR) is 69.3 cm³/mol. The molecule has 0 unspecified atom stereocenters. The van der Waals surface area contributed by atoms with Gasteiger partial charge >= 0.3 is 12.1 Å². The lowest BCUT2D eigenvalue weighted by molar-refractivity contribution is -0.137. The van der Waals surface area contributed by atoms with Gasteiger partial charge in [0.05, 0.1) is 11.1 Å². The molecule has 1 rings (SSSR count). The van der Waals surface area contributed by atoms with Gasteiger partial charge in [0.25, 0.3) is 0 Å². The monoisotopic (exact) mass is 284 g/mol. The smallest absolute Gasteiger partial charge is 0.417 e. The summed E-state index contributed by atoms with van der Waals surface area (Å²) in [7, 11) is 0. The Morgan fingerprint density at radius 1 is 1.40 bits per heavy atom. The van der Waals surface area contributed by atoms with Crippen LogP contribution >= 0.6 is 0 Å². The van der Waals surface area contributed by atoms with Gasteiger partial charge in [-0.3, -0.25) is 0 Å². The minimum atomic E-state index is -4.65. The molecule has 0 aliphatic carbocycles. The fourth-order valence-corrected chi connectivity index (χ4v) is 1.45. The van der Waals surface area contributed by atoms with Crippen molar-refractivity contribution in [2.24, 2.45) is 9.98 Å². The van der Waals surface area contributed by atoms with Gasteiger partial charge in [-0.2, -0.15) is 13.2 Å². The Morgan fingerprint density at radius 3 is 2.50 bits per heavy atom. The van der Waals surface area contributed by atoms with Gasteiger partial charge < -0.3 is 5.11 Å². The molecule has 0 saturated heterocycles. The molecule has 0 aliphatic heterocycles. The number of hydrogen-bond acceptors (Lipinski definition) is 2. The van der Waals surface area contributed by atoms with Gasteiger partial charge in [0.15, 0.2) is 5.84 Å². The molecular weight excluding hydrogens is 273 g/mol. The number of amidine groups is 1. The second-order valence-electron chi connectivity index (χ2n) is 3.66. The SMILES string of the molecule is C=NC(=NC=CC)c1cc(C(=O)O)ccc1C(F)(F)F. The van der Waals surface area contributed by atoms with E-state index in [1.54, 1.807) is 6.92 Å². The normalized spacial score (nSPS) is 12.7. The highest BCUT2D eigenvalue weighted by Gasteiger charge is 2.34. The highest BCUT2D eigenvalue weighted by atomic mass is 19.4. The maximum Gasteiger partial charge on any atom is 0.417 e. The van der Waals surface area contributed by atoms with Crippen molar-refractivity contribution in [2.75, 3.05) is 0 Å². The molecule has 20 heavy (non-hydrogen) atoms. The minimum Gasteiger partial charge on any atom is -0.478 e. The Morgan fingerprint density at radius 2 is 2.05 bits per heavy atom. The molecule has 0 spiro atoms. The Kier molecular flexibility index (Phi) is 4.79. The number of aliphatic imine (C=N–C) groups is 2. The van der Waals surface area contributed by atoms with E-state index in [2.05, 4.69) is 16.7 Å². The summed E-state index contributed by atoms with van der Waals surface area (Å²) in [6.07, 6.45) is -1.90. The molecule has 0 bridgehead atoms. The van der Waals surface area contributed by atoms with E-state index in [1.165, 1.54) is 12.3 Å². The zero-order valence-electron chi connectivity index (χ0n) is 10.5. The topological polar surface area (TPSA) is 62.0 Å². The van der Waals surface area contributed by atoms with E-state index >= 15 is 0 Å².